The smallest absolute Gasteiger partial charge is 0.303 e. The molecule has 0 spiro atoms. The van der Waals surface area contributed by atoms with Crippen LogP contribution in [-0.4, -0.2) is 28.5 Å². The average Bonchev–Trinajstić information content (AvgIpc) is 3.37. The van der Waals surface area contributed by atoms with Crippen LogP contribution in [0.1, 0.15) is 37.7 Å². The average molecular weight is 424 g/mol. The number of aryl methyl sites for hydroxylation is 4. The highest BCUT2D eigenvalue weighted by Gasteiger charge is 2.22. The van der Waals surface area contributed by atoms with Crippen molar-refractivity contribution in [1.82, 2.24) is 28.5 Å². The molecule has 8 nitrogen and oxygen atoms in total. The molecule has 0 atom stereocenters. The van der Waals surface area contributed by atoms with Gasteiger partial charge >= 0.3 is 5.69 Å². The van der Waals surface area contributed by atoms with Gasteiger partial charge in [-0.05, 0) is 31.9 Å². The Kier molecular flexibility index (Phi) is 5.34. The molecule has 0 radical (unpaired) electrons. The van der Waals surface area contributed by atoms with E-state index in [1.807, 2.05) is 26.8 Å². The molecule has 0 aliphatic carbocycles. The van der Waals surface area contributed by atoms with Crippen molar-refractivity contribution in [3.8, 4) is 5.95 Å². The van der Waals surface area contributed by atoms with Gasteiger partial charge < -0.3 is 4.57 Å². The van der Waals surface area contributed by atoms with E-state index in [9.17, 15) is 14.0 Å². The van der Waals surface area contributed by atoms with Crippen molar-refractivity contribution in [2.24, 2.45) is 7.05 Å². The Balaban J connectivity index is 2.00. The van der Waals surface area contributed by atoms with Gasteiger partial charge in [0.2, 0.25) is 5.95 Å². The summed E-state index contributed by atoms with van der Waals surface area (Å²) in [5.41, 5.74) is 1.72. The van der Waals surface area contributed by atoms with E-state index in [1.54, 1.807) is 34.5 Å². The number of benzene rings is 1. The van der Waals surface area contributed by atoms with E-state index in [0.717, 1.165) is 28.8 Å². The van der Waals surface area contributed by atoms with Gasteiger partial charge in [0.05, 0.1) is 12.2 Å². The van der Waals surface area contributed by atoms with Gasteiger partial charge in [-0.15, -0.1) is 0 Å². The third kappa shape index (κ3) is 3.30. The van der Waals surface area contributed by atoms with E-state index in [1.165, 1.54) is 10.6 Å². The molecule has 0 aliphatic heterocycles. The predicted octanol–water partition coefficient (Wildman–Crippen LogP) is 2.41. The van der Waals surface area contributed by atoms with Gasteiger partial charge in [-0.1, -0.05) is 32.0 Å². The molecule has 162 valence electrons. The topological polar surface area (TPSA) is 79.6 Å². The Labute approximate surface area is 178 Å². The lowest BCUT2D eigenvalue weighted by Gasteiger charge is -2.10. The summed E-state index contributed by atoms with van der Waals surface area (Å²) >= 11 is 0. The molecule has 4 rings (SSSR count). The van der Waals surface area contributed by atoms with Gasteiger partial charge in [0, 0.05) is 24.8 Å². The van der Waals surface area contributed by atoms with Crippen LogP contribution in [0.2, 0.25) is 0 Å². The van der Waals surface area contributed by atoms with Crippen LogP contribution in [0.5, 0.6) is 0 Å². The fourth-order valence-corrected chi connectivity index (χ4v) is 3.83. The van der Waals surface area contributed by atoms with Gasteiger partial charge in [0.1, 0.15) is 5.82 Å². The first-order valence-corrected chi connectivity index (χ1v) is 10.4. The number of hydrogen-bond donors (Lipinski definition) is 0. The zero-order valence-electron chi connectivity index (χ0n) is 18.1. The molecule has 0 unspecified atom stereocenters. The van der Waals surface area contributed by atoms with Crippen LogP contribution in [0.25, 0.3) is 17.1 Å². The predicted molar refractivity (Wildman–Crippen MR) is 116 cm³/mol. The standard InChI is InChI=1S/C22H25FN6O2/c1-5-15-12-16(6-2)29(25-15)21-24-19-18(27(21)7-3)20(30)28(22(31)26(19)4)13-14-10-8-9-11-17(14)23/h8-12H,5-7,13H2,1-4H3. The van der Waals surface area contributed by atoms with Crippen LogP contribution >= 0.6 is 0 Å². The van der Waals surface area contributed by atoms with Crippen molar-refractivity contribution in [3.63, 3.8) is 0 Å². The van der Waals surface area contributed by atoms with Crippen LogP contribution in [0.4, 0.5) is 4.39 Å². The number of hydrogen-bond acceptors (Lipinski definition) is 4. The van der Waals surface area contributed by atoms with Gasteiger partial charge in [-0.2, -0.15) is 10.1 Å². The van der Waals surface area contributed by atoms with Crippen LogP contribution in [0.3, 0.4) is 0 Å². The van der Waals surface area contributed by atoms with Gasteiger partial charge in [0.25, 0.3) is 5.56 Å². The maximum Gasteiger partial charge on any atom is 0.332 e. The van der Waals surface area contributed by atoms with E-state index in [0.29, 0.717) is 18.0 Å². The molecule has 4 aromatic rings. The minimum atomic E-state index is -0.543. The molecule has 0 aliphatic rings. The van der Waals surface area contributed by atoms with Crippen LogP contribution in [0.15, 0.2) is 39.9 Å². The largest absolute Gasteiger partial charge is 0.332 e. The number of halogens is 1. The lowest BCUT2D eigenvalue weighted by molar-refractivity contribution is 0.581. The third-order valence-corrected chi connectivity index (χ3v) is 5.56. The maximum atomic E-state index is 14.2. The highest BCUT2D eigenvalue weighted by molar-refractivity contribution is 5.72. The second-order valence-corrected chi connectivity index (χ2v) is 7.40. The summed E-state index contributed by atoms with van der Waals surface area (Å²) in [6, 6.07) is 8.15. The number of rotatable bonds is 6. The summed E-state index contributed by atoms with van der Waals surface area (Å²) < 4.78 is 20.1. The van der Waals surface area contributed by atoms with E-state index in [4.69, 9.17) is 0 Å². The SMILES string of the molecule is CCc1cc(CC)n(-c2nc3c(c(=O)n(Cc4ccccc4F)c(=O)n3C)n2CC)n1. The maximum absolute atomic E-state index is 14.2. The lowest BCUT2D eigenvalue weighted by Crippen LogP contribution is -2.40. The minimum Gasteiger partial charge on any atom is -0.303 e. The summed E-state index contributed by atoms with van der Waals surface area (Å²) in [6.45, 7) is 6.28. The first-order valence-electron chi connectivity index (χ1n) is 10.4. The van der Waals surface area contributed by atoms with Crippen LogP contribution < -0.4 is 11.2 Å². The van der Waals surface area contributed by atoms with Gasteiger partial charge in [0.15, 0.2) is 11.2 Å². The monoisotopic (exact) mass is 424 g/mol. The fourth-order valence-electron chi connectivity index (χ4n) is 3.83. The molecule has 0 saturated heterocycles. The number of nitrogens with zero attached hydrogens (tertiary/aromatic N) is 6. The molecular weight excluding hydrogens is 399 g/mol. The second kappa shape index (κ2) is 7.98. The summed E-state index contributed by atoms with van der Waals surface area (Å²) in [5, 5.41) is 4.64. The van der Waals surface area contributed by atoms with E-state index >= 15 is 0 Å². The summed E-state index contributed by atoms with van der Waals surface area (Å²) in [4.78, 5) is 31.0. The number of aromatic nitrogens is 6. The fraction of sp³-hybridized carbons (Fsp3) is 0.364. The molecule has 0 amide bonds. The molecule has 9 heteroatoms. The highest BCUT2D eigenvalue weighted by Crippen LogP contribution is 2.18. The van der Waals surface area contributed by atoms with Crippen molar-refractivity contribution in [2.45, 2.75) is 46.7 Å². The Morgan fingerprint density at radius 2 is 1.77 bits per heavy atom. The molecule has 0 bridgehead atoms. The van der Waals surface area contributed by atoms with E-state index in [-0.39, 0.29) is 17.8 Å². The first kappa shape index (κ1) is 20.8. The molecule has 3 heterocycles. The van der Waals surface area contributed by atoms with Crippen molar-refractivity contribution >= 4 is 11.2 Å². The van der Waals surface area contributed by atoms with Crippen LogP contribution in [0, 0.1) is 5.82 Å². The zero-order valence-corrected chi connectivity index (χ0v) is 18.1. The second-order valence-electron chi connectivity index (χ2n) is 7.40. The Morgan fingerprint density at radius 3 is 2.42 bits per heavy atom. The van der Waals surface area contributed by atoms with Crippen molar-refractivity contribution in [3.05, 3.63) is 73.9 Å². The molecule has 0 N–H and O–H groups in total. The van der Waals surface area contributed by atoms with Crippen molar-refractivity contribution in [2.75, 3.05) is 0 Å². The molecule has 0 fully saturated rings. The first-order chi connectivity index (χ1) is 14.9. The zero-order chi connectivity index (χ0) is 22.3. The number of fused-ring (bicyclic) bond motifs is 1. The van der Waals surface area contributed by atoms with Gasteiger partial charge in [-0.3, -0.25) is 13.9 Å². The normalized spacial score (nSPS) is 11.5. The molecule has 3 aromatic heterocycles. The summed E-state index contributed by atoms with van der Waals surface area (Å²) in [5.74, 6) is 0.0299. The molecule has 0 saturated carbocycles. The van der Waals surface area contributed by atoms with Crippen molar-refractivity contribution in [1.29, 1.82) is 0 Å². The summed E-state index contributed by atoms with van der Waals surface area (Å²) in [6.07, 6.45) is 1.52. The minimum absolute atomic E-state index is 0.152. The third-order valence-electron chi connectivity index (χ3n) is 5.56. The van der Waals surface area contributed by atoms with Gasteiger partial charge in [-0.25, -0.2) is 13.9 Å². The Morgan fingerprint density at radius 1 is 1.03 bits per heavy atom. The molecular formula is C22H25FN6O2. The van der Waals surface area contributed by atoms with Crippen molar-refractivity contribution < 1.29 is 4.39 Å². The quantitative estimate of drug-likeness (QED) is 0.476. The molecule has 31 heavy (non-hydrogen) atoms. The lowest BCUT2D eigenvalue weighted by atomic mass is 10.2. The number of imidazole rings is 1. The molecule has 1 aromatic carbocycles. The summed E-state index contributed by atoms with van der Waals surface area (Å²) in [7, 11) is 1.57. The Hall–Kier alpha value is -3.49. The van der Waals surface area contributed by atoms with Crippen LogP contribution in [-0.2, 0) is 33.0 Å². The van der Waals surface area contributed by atoms with E-state index < -0.39 is 17.1 Å². The Bertz CT molecular complexity index is 1390. The van der Waals surface area contributed by atoms with E-state index in [2.05, 4.69) is 10.1 Å². The highest BCUT2D eigenvalue weighted by atomic mass is 19.1.